The molecule has 1 amide bonds. The van der Waals surface area contributed by atoms with Gasteiger partial charge in [0.2, 0.25) is 5.91 Å². The number of amides is 1. The second kappa shape index (κ2) is 9.29. The van der Waals surface area contributed by atoms with Crippen molar-refractivity contribution in [3.63, 3.8) is 0 Å². The summed E-state index contributed by atoms with van der Waals surface area (Å²) in [6, 6.07) is 9.53. The topological polar surface area (TPSA) is 63.5 Å². The van der Waals surface area contributed by atoms with E-state index in [2.05, 4.69) is 27.1 Å². The molecular formula is C25H29F2N5O2. The second-order valence-corrected chi connectivity index (χ2v) is 9.16. The number of aromatic nitrogens is 3. The van der Waals surface area contributed by atoms with E-state index in [-0.39, 0.29) is 23.9 Å². The number of nitrogens with zero attached hydrogens (tertiary/aromatic N) is 5. The van der Waals surface area contributed by atoms with Crippen LogP contribution >= 0.6 is 0 Å². The summed E-state index contributed by atoms with van der Waals surface area (Å²) in [5, 5.41) is 4.80. The minimum atomic E-state index is -2.60. The lowest BCUT2D eigenvalue weighted by Gasteiger charge is -2.34. The van der Waals surface area contributed by atoms with Gasteiger partial charge in [-0.25, -0.2) is 18.4 Å². The van der Waals surface area contributed by atoms with Crippen LogP contribution in [0.15, 0.2) is 30.3 Å². The zero-order chi connectivity index (χ0) is 23.8. The molecule has 0 atom stereocenters. The number of carbonyl (C=O) groups excluding carboxylic acids is 1. The Hall–Kier alpha value is -3.07. The van der Waals surface area contributed by atoms with E-state index < -0.39 is 6.43 Å². The largest absolute Gasteiger partial charge is 0.497 e. The van der Waals surface area contributed by atoms with Gasteiger partial charge in [-0.05, 0) is 43.5 Å². The van der Waals surface area contributed by atoms with Crippen LogP contribution in [0.25, 0.3) is 11.0 Å². The van der Waals surface area contributed by atoms with Gasteiger partial charge in [0, 0.05) is 49.9 Å². The molecule has 3 heterocycles. The maximum Gasteiger partial charge on any atom is 0.264 e. The first kappa shape index (κ1) is 22.7. The molecular weight excluding hydrogens is 440 g/mol. The highest BCUT2D eigenvalue weighted by Gasteiger charge is 2.30. The molecule has 3 aromatic rings. The van der Waals surface area contributed by atoms with Gasteiger partial charge in [0.1, 0.15) is 12.3 Å². The number of carbonyl (C=O) groups is 1. The Morgan fingerprint density at radius 1 is 1.15 bits per heavy atom. The molecule has 1 saturated heterocycles. The minimum Gasteiger partial charge on any atom is -0.497 e. The van der Waals surface area contributed by atoms with E-state index in [0.29, 0.717) is 35.5 Å². The van der Waals surface area contributed by atoms with Crippen molar-refractivity contribution in [3.05, 3.63) is 52.8 Å². The van der Waals surface area contributed by atoms with Gasteiger partial charge in [-0.3, -0.25) is 9.69 Å². The predicted octanol–water partition coefficient (Wildman–Crippen LogP) is 3.91. The quantitative estimate of drug-likeness (QED) is 0.525. The number of pyridine rings is 1. The van der Waals surface area contributed by atoms with Gasteiger partial charge in [0.25, 0.3) is 6.43 Å². The number of alkyl halides is 2. The molecule has 2 aliphatic rings. The highest BCUT2D eigenvalue weighted by molar-refractivity contribution is 5.85. The van der Waals surface area contributed by atoms with E-state index >= 15 is 0 Å². The maximum atomic E-state index is 13.8. The molecule has 9 heteroatoms. The van der Waals surface area contributed by atoms with E-state index in [1.165, 1.54) is 16.3 Å². The Bertz CT molecular complexity index is 1180. The van der Waals surface area contributed by atoms with E-state index in [0.717, 1.165) is 38.2 Å². The summed E-state index contributed by atoms with van der Waals surface area (Å²) in [5.74, 6) is 1.01. The zero-order valence-electron chi connectivity index (χ0n) is 19.5. The Balaban J connectivity index is 1.26. The minimum absolute atomic E-state index is 0.00657. The summed E-state index contributed by atoms with van der Waals surface area (Å²) in [6.07, 6.45) is -0.670. The van der Waals surface area contributed by atoms with Gasteiger partial charge in [-0.2, -0.15) is 5.10 Å². The average Bonchev–Trinajstić information content (AvgIpc) is 3.64. The maximum absolute atomic E-state index is 13.8. The predicted molar refractivity (Wildman–Crippen MR) is 124 cm³/mol. The Kier molecular flexibility index (Phi) is 6.20. The molecule has 5 rings (SSSR count). The van der Waals surface area contributed by atoms with Crippen molar-refractivity contribution in [2.24, 2.45) is 0 Å². The molecule has 0 radical (unpaired) electrons. The molecule has 1 saturated carbocycles. The van der Waals surface area contributed by atoms with E-state index in [1.54, 1.807) is 14.0 Å². The summed E-state index contributed by atoms with van der Waals surface area (Å²) in [4.78, 5) is 21.9. The van der Waals surface area contributed by atoms with Gasteiger partial charge in [0.15, 0.2) is 5.65 Å². The van der Waals surface area contributed by atoms with Crippen LogP contribution < -0.4 is 4.74 Å². The van der Waals surface area contributed by atoms with Crippen molar-refractivity contribution >= 4 is 16.9 Å². The standard InChI is InChI=1S/C25H29F2N5O2/c1-16-23-20(24(26)27)13-21(18-5-6-18)28-25(23)32(29-16)15-22(33)31-11-9-30(10-12-31)14-17-3-7-19(34-2)8-4-17/h3-4,7-8,13,18,24H,5-6,9-12,14-15H2,1-2H3. The molecule has 2 aromatic heterocycles. The van der Waals surface area contributed by atoms with Gasteiger partial charge >= 0.3 is 0 Å². The van der Waals surface area contributed by atoms with Crippen molar-refractivity contribution in [1.29, 1.82) is 0 Å². The number of benzene rings is 1. The van der Waals surface area contributed by atoms with Crippen molar-refractivity contribution < 1.29 is 18.3 Å². The van der Waals surface area contributed by atoms with Gasteiger partial charge < -0.3 is 9.64 Å². The molecule has 1 aliphatic heterocycles. The van der Waals surface area contributed by atoms with Crippen molar-refractivity contribution in [3.8, 4) is 5.75 Å². The Labute approximate surface area is 197 Å². The number of piperazine rings is 1. The fourth-order valence-electron chi connectivity index (χ4n) is 4.65. The third-order valence-corrected chi connectivity index (χ3v) is 6.73. The Morgan fingerprint density at radius 2 is 1.85 bits per heavy atom. The average molecular weight is 470 g/mol. The van der Waals surface area contributed by atoms with Crippen molar-refractivity contribution in [1.82, 2.24) is 24.6 Å². The zero-order valence-corrected chi connectivity index (χ0v) is 19.5. The number of hydrogen-bond donors (Lipinski definition) is 0. The molecule has 2 fully saturated rings. The van der Waals surface area contributed by atoms with E-state index in [4.69, 9.17) is 4.74 Å². The molecule has 0 N–H and O–H groups in total. The lowest BCUT2D eigenvalue weighted by Crippen LogP contribution is -2.49. The fourth-order valence-corrected chi connectivity index (χ4v) is 4.65. The third-order valence-electron chi connectivity index (χ3n) is 6.73. The molecule has 0 unspecified atom stereocenters. The first-order valence-corrected chi connectivity index (χ1v) is 11.7. The van der Waals surface area contributed by atoms with Crippen LogP contribution in [0.5, 0.6) is 5.75 Å². The van der Waals surface area contributed by atoms with Gasteiger partial charge in [0.05, 0.1) is 18.2 Å². The van der Waals surface area contributed by atoms with E-state index in [1.807, 2.05) is 17.0 Å². The van der Waals surface area contributed by atoms with Crippen LogP contribution in [0.1, 0.15) is 47.7 Å². The number of rotatable bonds is 7. The highest BCUT2D eigenvalue weighted by Crippen LogP contribution is 2.41. The number of methoxy groups -OCH3 is 1. The van der Waals surface area contributed by atoms with Gasteiger partial charge in [-0.15, -0.1) is 0 Å². The van der Waals surface area contributed by atoms with Crippen LogP contribution in [0, 0.1) is 6.92 Å². The second-order valence-electron chi connectivity index (χ2n) is 9.16. The summed E-state index contributed by atoms with van der Waals surface area (Å²) < 4.78 is 34.3. The monoisotopic (exact) mass is 469 g/mol. The van der Waals surface area contributed by atoms with Crippen LogP contribution in [0.4, 0.5) is 8.78 Å². The van der Waals surface area contributed by atoms with Crippen molar-refractivity contribution in [2.45, 2.75) is 45.2 Å². The first-order valence-electron chi connectivity index (χ1n) is 11.7. The summed E-state index contributed by atoms with van der Waals surface area (Å²) in [6.45, 7) is 5.32. The molecule has 0 bridgehead atoms. The fraction of sp³-hybridized carbons (Fsp3) is 0.480. The molecule has 0 spiro atoms. The van der Waals surface area contributed by atoms with E-state index in [9.17, 15) is 13.6 Å². The highest BCUT2D eigenvalue weighted by atomic mass is 19.3. The molecule has 1 aromatic carbocycles. The molecule has 7 nitrogen and oxygen atoms in total. The lowest BCUT2D eigenvalue weighted by molar-refractivity contribution is -0.133. The lowest BCUT2D eigenvalue weighted by atomic mass is 10.1. The van der Waals surface area contributed by atoms with Crippen LogP contribution in [-0.4, -0.2) is 63.8 Å². The molecule has 34 heavy (non-hydrogen) atoms. The van der Waals surface area contributed by atoms with Crippen molar-refractivity contribution in [2.75, 3.05) is 33.3 Å². The van der Waals surface area contributed by atoms with Crippen LogP contribution in [0.2, 0.25) is 0 Å². The number of fused-ring (bicyclic) bond motifs is 1. The number of aryl methyl sites for hydroxylation is 1. The summed E-state index contributed by atoms with van der Waals surface area (Å²) in [7, 11) is 1.65. The van der Waals surface area contributed by atoms with Gasteiger partial charge in [-0.1, -0.05) is 12.1 Å². The SMILES string of the molecule is COc1ccc(CN2CCN(C(=O)Cn3nc(C)c4c(C(F)F)cc(C5CC5)nc43)CC2)cc1. The smallest absolute Gasteiger partial charge is 0.264 e. The number of hydrogen-bond acceptors (Lipinski definition) is 5. The Morgan fingerprint density at radius 3 is 2.47 bits per heavy atom. The number of ether oxygens (including phenoxy) is 1. The normalized spacial score (nSPS) is 17.0. The first-order chi connectivity index (χ1) is 16.4. The number of halogens is 2. The third kappa shape index (κ3) is 4.61. The van der Waals surface area contributed by atoms with Crippen LogP contribution in [-0.2, 0) is 17.9 Å². The summed E-state index contributed by atoms with van der Waals surface area (Å²) in [5.41, 5.74) is 2.73. The van der Waals surface area contributed by atoms with Crippen LogP contribution in [0.3, 0.4) is 0 Å². The molecule has 1 aliphatic carbocycles. The molecule has 180 valence electrons. The summed E-state index contributed by atoms with van der Waals surface area (Å²) >= 11 is 0.